The van der Waals surface area contributed by atoms with Crippen LogP contribution in [-0.2, 0) is 5.41 Å². The molecule has 0 atom stereocenters. The summed E-state index contributed by atoms with van der Waals surface area (Å²) in [5.74, 6) is 0. The average molecular weight is 826 g/mol. The van der Waals surface area contributed by atoms with Crippen LogP contribution < -0.4 is 9.80 Å². The number of hydrogen-bond acceptors (Lipinski definition) is 2. The molecule has 0 amide bonds. The smallest absolute Gasteiger partial charge is 0.0641 e. The molecule has 0 saturated carbocycles. The minimum absolute atomic E-state index is 0.230. The summed E-state index contributed by atoms with van der Waals surface area (Å²) < 4.78 is 2.58. The van der Waals surface area contributed by atoms with Gasteiger partial charge >= 0.3 is 0 Å². The lowest BCUT2D eigenvalue weighted by molar-refractivity contribution is 0.661. The van der Waals surface area contributed by atoms with Gasteiger partial charge in [0.05, 0.1) is 22.2 Å². The quantitative estimate of drug-likeness (QED) is 0.165. The van der Waals surface area contributed by atoms with Gasteiger partial charge in [0, 0.05) is 60.8 Å². The third kappa shape index (κ3) is 5.66. The Hall–Kier alpha value is -7.36. The Morgan fingerprint density at radius 3 is 1.58 bits per heavy atom. The Bertz CT molecular complexity index is 3660. The van der Waals surface area contributed by atoms with Crippen molar-refractivity contribution in [2.24, 2.45) is 0 Å². The topological polar surface area (TPSA) is 10.9 Å². The number of anilines is 6. The van der Waals surface area contributed by atoms with Crippen LogP contribution in [0.15, 0.2) is 164 Å². The normalized spacial score (nSPS) is 13.1. The van der Waals surface area contributed by atoms with Gasteiger partial charge in [-0.25, -0.2) is 0 Å². The second-order valence-corrected chi connectivity index (χ2v) is 19.2. The van der Waals surface area contributed by atoms with Crippen molar-refractivity contribution in [2.45, 2.75) is 60.8 Å². The second-order valence-electron chi connectivity index (χ2n) is 19.2. The summed E-state index contributed by atoms with van der Waals surface area (Å²) in [6.07, 6.45) is 0. The van der Waals surface area contributed by atoms with Gasteiger partial charge in [-0.05, 0) is 176 Å². The predicted octanol–water partition coefficient (Wildman–Crippen LogP) is 17.1. The van der Waals surface area contributed by atoms with E-state index in [-0.39, 0.29) is 5.41 Å². The molecular formula is C61H51N3. The highest BCUT2D eigenvalue weighted by Crippen LogP contribution is 2.54. The molecule has 12 rings (SSSR count). The molecule has 11 aromatic rings. The molecule has 64 heavy (non-hydrogen) atoms. The van der Waals surface area contributed by atoms with Crippen molar-refractivity contribution in [3.8, 4) is 11.1 Å². The van der Waals surface area contributed by atoms with E-state index in [1.807, 2.05) is 0 Å². The summed E-state index contributed by atoms with van der Waals surface area (Å²) in [7, 11) is 0. The van der Waals surface area contributed by atoms with Gasteiger partial charge in [0.25, 0.3) is 0 Å². The van der Waals surface area contributed by atoms with Gasteiger partial charge in [-0.1, -0.05) is 104 Å². The van der Waals surface area contributed by atoms with Crippen molar-refractivity contribution in [3.63, 3.8) is 0 Å². The minimum atomic E-state index is -0.230. The maximum atomic E-state index is 2.58. The van der Waals surface area contributed by atoms with Gasteiger partial charge in [-0.3, -0.25) is 0 Å². The first-order chi connectivity index (χ1) is 30.9. The Kier molecular flexibility index (Phi) is 8.28. The van der Waals surface area contributed by atoms with Crippen LogP contribution in [0.25, 0.3) is 60.0 Å². The van der Waals surface area contributed by atoms with Crippen LogP contribution in [-0.4, -0.2) is 4.40 Å². The molecule has 3 heteroatoms. The number of nitrogens with zero attached hydrogens (tertiary/aromatic N) is 3. The number of para-hydroxylation sites is 1. The fourth-order valence-electron chi connectivity index (χ4n) is 11.3. The molecule has 310 valence electrons. The van der Waals surface area contributed by atoms with E-state index in [0.29, 0.717) is 0 Å². The van der Waals surface area contributed by atoms with Crippen molar-refractivity contribution in [3.05, 3.63) is 208 Å². The number of aryl methyl sites for hydroxylation is 6. The van der Waals surface area contributed by atoms with Gasteiger partial charge in [-0.15, -0.1) is 0 Å². The van der Waals surface area contributed by atoms with Gasteiger partial charge in [0.15, 0.2) is 0 Å². The largest absolute Gasteiger partial charge is 0.310 e. The Morgan fingerprint density at radius 2 is 0.922 bits per heavy atom. The van der Waals surface area contributed by atoms with Crippen molar-refractivity contribution >= 4 is 83.0 Å². The summed E-state index contributed by atoms with van der Waals surface area (Å²) >= 11 is 0. The number of benzene rings is 9. The minimum Gasteiger partial charge on any atom is -0.310 e. The maximum absolute atomic E-state index is 2.58. The lowest BCUT2D eigenvalue weighted by atomic mass is 9.81. The zero-order valence-electron chi connectivity index (χ0n) is 37.9. The summed E-state index contributed by atoms with van der Waals surface area (Å²) in [6.45, 7) is 17.9. The molecule has 2 aromatic heterocycles. The lowest BCUT2D eigenvalue weighted by Gasteiger charge is -2.28. The Balaban J connectivity index is 1.08. The van der Waals surface area contributed by atoms with Crippen LogP contribution in [0.4, 0.5) is 34.1 Å². The van der Waals surface area contributed by atoms with Gasteiger partial charge in [0.2, 0.25) is 0 Å². The van der Waals surface area contributed by atoms with E-state index in [1.165, 1.54) is 127 Å². The first-order valence-corrected chi connectivity index (χ1v) is 22.7. The first kappa shape index (κ1) is 38.3. The zero-order valence-corrected chi connectivity index (χ0v) is 37.9. The third-order valence-electron chi connectivity index (χ3n) is 14.1. The summed E-state index contributed by atoms with van der Waals surface area (Å²) in [5, 5.41) is 7.67. The molecule has 0 saturated heterocycles. The molecule has 0 spiro atoms. The predicted molar refractivity (Wildman–Crippen MR) is 274 cm³/mol. The fourth-order valence-corrected chi connectivity index (χ4v) is 11.3. The van der Waals surface area contributed by atoms with E-state index in [1.54, 1.807) is 0 Å². The number of rotatable bonds is 6. The summed E-state index contributed by atoms with van der Waals surface area (Å²) in [6, 6.07) is 62.3. The number of aromatic nitrogens is 1. The fraction of sp³-hybridized carbons (Fsp3) is 0.148. The molecule has 9 aromatic carbocycles. The molecule has 0 aliphatic heterocycles. The number of fused-ring (bicyclic) bond motifs is 11. The van der Waals surface area contributed by atoms with E-state index in [2.05, 4.69) is 233 Å². The van der Waals surface area contributed by atoms with E-state index < -0.39 is 0 Å². The highest BCUT2D eigenvalue weighted by Gasteiger charge is 2.37. The Morgan fingerprint density at radius 1 is 0.375 bits per heavy atom. The van der Waals surface area contributed by atoms with E-state index in [4.69, 9.17) is 0 Å². The van der Waals surface area contributed by atoms with Crippen LogP contribution in [0.3, 0.4) is 0 Å². The molecule has 0 unspecified atom stereocenters. The van der Waals surface area contributed by atoms with Crippen LogP contribution >= 0.6 is 0 Å². The molecule has 1 aliphatic carbocycles. The molecular weight excluding hydrogens is 775 g/mol. The zero-order chi connectivity index (χ0) is 43.8. The summed E-state index contributed by atoms with van der Waals surface area (Å²) in [5.41, 5.74) is 23.5. The first-order valence-electron chi connectivity index (χ1n) is 22.7. The van der Waals surface area contributed by atoms with Gasteiger partial charge in [0.1, 0.15) is 0 Å². The molecule has 0 N–H and O–H groups in total. The van der Waals surface area contributed by atoms with Crippen LogP contribution in [0, 0.1) is 41.5 Å². The van der Waals surface area contributed by atoms with Crippen LogP contribution in [0.2, 0.25) is 0 Å². The number of hydrogen-bond donors (Lipinski definition) is 0. The molecule has 0 bridgehead atoms. The van der Waals surface area contributed by atoms with Crippen molar-refractivity contribution in [1.82, 2.24) is 4.40 Å². The van der Waals surface area contributed by atoms with E-state index in [0.717, 1.165) is 11.4 Å². The van der Waals surface area contributed by atoms with Crippen molar-refractivity contribution in [1.29, 1.82) is 0 Å². The molecule has 3 nitrogen and oxygen atoms in total. The standard InChI is InChI=1S/C61H51N3/c1-36-13-18-43(19-14-36)62(46-29-38(3)27-39(4)30-46)45-22-24-48-53-33-42-17-23-49-50-25-26-57(63(44-20-15-37(2)16-21-44)47-31-40(5)28-41(6)32-47)58-51-11-9-10-12-56(51)64(60(50)58)59(49)52(42)35-55(53)61(7,8)54(48)34-45/h9-35H,1-8H3. The molecule has 0 fully saturated rings. The average Bonchev–Trinajstić information content (AvgIpc) is 3.87. The Labute approximate surface area is 375 Å². The lowest BCUT2D eigenvalue weighted by Crippen LogP contribution is -2.16. The van der Waals surface area contributed by atoms with E-state index >= 15 is 0 Å². The van der Waals surface area contributed by atoms with Gasteiger partial charge < -0.3 is 14.2 Å². The molecule has 0 radical (unpaired) electrons. The summed E-state index contributed by atoms with van der Waals surface area (Å²) in [4.78, 5) is 4.90. The molecule has 2 heterocycles. The SMILES string of the molecule is Cc1ccc(N(c2cc(C)cc(C)c2)c2ccc3c(c2)C(C)(C)c2cc4c(ccc5c6ccc(N(c7ccc(C)cc7)c7cc(C)cc(C)c7)c7c8ccccc8n(c45)c67)cc2-3)cc1. The van der Waals surface area contributed by atoms with Crippen LogP contribution in [0.1, 0.15) is 58.4 Å². The maximum Gasteiger partial charge on any atom is 0.0641 e. The second kappa shape index (κ2) is 13.8. The molecule has 1 aliphatic rings. The highest BCUT2D eigenvalue weighted by molar-refractivity contribution is 6.30. The highest BCUT2D eigenvalue weighted by atomic mass is 15.2. The van der Waals surface area contributed by atoms with Crippen molar-refractivity contribution < 1.29 is 0 Å². The van der Waals surface area contributed by atoms with E-state index in [9.17, 15) is 0 Å². The third-order valence-corrected chi connectivity index (χ3v) is 14.1. The van der Waals surface area contributed by atoms with Crippen molar-refractivity contribution in [2.75, 3.05) is 9.80 Å². The van der Waals surface area contributed by atoms with Gasteiger partial charge in [-0.2, -0.15) is 0 Å². The van der Waals surface area contributed by atoms with Crippen LogP contribution in [0.5, 0.6) is 0 Å². The monoisotopic (exact) mass is 825 g/mol.